The number of rotatable bonds is 7. The second-order valence-electron chi connectivity index (χ2n) is 6.52. The summed E-state index contributed by atoms with van der Waals surface area (Å²) in [6, 6.07) is 0. The van der Waals surface area contributed by atoms with Crippen molar-refractivity contribution in [3.63, 3.8) is 0 Å². The summed E-state index contributed by atoms with van der Waals surface area (Å²) in [7, 11) is -0.263. The quantitative estimate of drug-likeness (QED) is 0.354. The molecule has 0 fully saturated rings. The first-order chi connectivity index (χ1) is 7.70. The fourth-order valence-electron chi connectivity index (χ4n) is 1.77. The molecule has 1 unspecified atom stereocenters. The topological polar surface area (TPSA) is 0 Å². The average molecular weight is 272 g/mol. The molecule has 0 aliphatic carbocycles. The van der Waals surface area contributed by atoms with Crippen LogP contribution in [0.5, 0.6) is 0 Å². The Bertz CT molecular complexity index is 267. The summed E-state index contributed by atoms with van der Waals surface area (Å²) in [6.07, 6.45) is 9.68. The van der Waals surface area contributed by atoms with Gasteiger partial charge in [-0.05, 0) is 50.6 Å². The van der Waals surface area contributed by atoms with Gasteiger partial charge in [-0.25, -0.2) is 0 Å². The van der Waals surface area contributed by atoms with Gasteiger partial charge < -0.3 is 0 Å². The van der Waals surface area contributed by atoms with Crippen molar-refractivity contribution in [1.29, 1.82) is 0 Å². The minimum absolute atomic E-state index is 0.596. The third-order valence-electron chi connectivity index (χ3n) is 2.49. The molecular formula is C15H31SSi+. The van der Waals surface area contributed by atoms with Crippen LogP contribution in [-0.2, 0) is 10.9 Å². The van der Waals surface area contributed by atoms with E-state index in [1.807, 2.05) is 0 Å². The second kappa shape index (κ2) is 8.20. The molecule has 0 aromatic heterocycles. The maximum atomic E-state index is 2.47. The van der Waals surface area contributed by atoms with Crippen molar-refractivity contribution in [3.05, 3.63) is 23.3 Å². The van der Waals surface area contributed by atoms with Crippen molar-refractivity contribution >= 4 is 19.0 Å². The highest BCUT2D eigenvalue weighted by molar-refractivity contribution is 7.97. The highest BCUT2D eigenvalue weighted by Crippen LogP contribution is 2.10. The zero-order chi connectivity index (χ0) is 13.5. The Kier molecular flexibility index (Phi) is 8.22. The molecule has 0 N–H and O–H groups in total. The maximum absolute atomic E-state index is 2.47. The van der Waals surface area contributed by atoms with Crippen LogP contribution < -0.4 is 0 Å². The molecule has 0 spiro atoms. The first-order valence-corrected chi connectivity index (χ1v) is 12.3. The zero-order valence-electron chi connectivity index (χ0n) is 12.9. The lowest BCUT2D eigenvalue weighted by Crippen LogP contribution is -2.32. The van der Waals surface area contributed by atoms with Crippen LogP contribution in [0.3, 0.4) is 0 Å². The van der Waals surface area contributed by atoms with E-state index in [2.05, 4.69) is 58.8 Å². The van der Waals surface area contributed by atoms with E-state index in [0.29, 0.717) is 10.9 Å². The highest BCUT2D eigenvalue weighted by atomic mass is 32.2. The Morgan fingerprint density at radius 2 is 1.65 bits per heavy atom. The lowest BCUT2D eigenvalue weighted by Gasteiger charge is -2.13. The summed E-state index contributed by atoms with van der Waals surface area (Å²) in [5.41, 5.74) is 3.00. The maximum Gasteiger partial charge on any atom is 0.126 e. The molecular weight excluding hydrogens is 240 g/mol. The highest BCUT2D eigenvalue weighted by Gasteiger charge is 2.23. The Hall–Kier alpha value is 0.0469. The van der Waals surface area contributed by atoms with E-state index in [9.17, 15) is 0 Å². The molecule has 0 heterocycles. The Balaban J connectivity index is 3.94. The molecule has 0 aromatic rings. The van der Waals surface area contributed by atoms with Gasteiger partial charge in [0.2, 0.25) is 0 Å². The molecule has 1 atom stereocenters. The SMILES string of the molecule is CC(C)=CCC/C(C)=C/C[S+](C)C[Si](C)(C)C. The second-order valence-corrected chi connectivity index (χ2v) is 14.7. The molecule has 0 rings (SSSR count). The largest absolute Gasteiger partial charge is 0.126 e. The van der Waals surface area contributed by atoms with Gasteiger partial charge >= 0.3 is 0 Å². The molecule has 0 saturated heterocycles. The Morgan fingerprint density at radius 3 is 2.12 bits per heavy atom. The van der Waals surface area contributed by atoms with Crippen molar-refractivity contribution in [2.75, 3.05) is 17.4 Å². The van der Waals surface area contributed by atoms with Gasteiger partial charge in [0.05, 0.1) is 11.6 Å². The van der Waals surface area contributed by atoms with E-state index >= 15 is 0 Å². The van der Waals surface area contributed by atoms with Crippen LogP contribution in [0.25, 0.3) is 0 Å². The first kappa shape index (κ1) is 17.0. The monoisotopic (exact) mass is 271 g/mol. The molecule has 0 aliphatic heterocycles. The van der Waals surface area contributed by atoms with Gasteiger partial charge in [-0.3, -0.25) is 0 Å². The van der Waals surface area contributed by atoms with Gasteiger partial charge in [0, 0.05) is 0 Å². The van der Waals surface area contributed by atoms with Crippen LogP contribution in [0.15, 0.2) is 23.3 Å². The van der Waals surface area contributed by atoms with E-state index in [4.69, 9.17) is 0 Å². The number of allylic oxidation sites excluding steroid dienone is 3. The van der Waals surface area contributed by atoms with Gasteiger partial charge in [-0.1, -0.05) is 36.9 Å². The van der Waals surface area contributed by atoms with Gasteiger partial charge in [-0.15, -0.1) is 0 Å². The van der Waals surface area contributed by atoms with Crippen LogP contribution in [-0.4, -0.2) is 25.5 Å². The van der Waals surface area contributed by atoms with Crippen molar-refractivity contribution in [2.45, 2.75) is 53.3 Å². The molecule has 0 aliphatic rings. The van der Waals surface area contributed by atoms with Crippen LogP contribution in [0, 0.1) is 0 Å². The summed E-state index contributed by atoms with van der Waals surface area (Å²) < 4.78 is 0. The zero-order valence-corrected chi connectivity index (χ0v) is 14.7. The van der Waals surface area contributed by atoms with E-state index in [1.165, 1.54) is 29.5 Å². The molecule has 0 amide bonds. The minimum Gasteiger partial charge on any atom is -0.0856 e. The molecule has 0 nitrogen and oxygen atoms in total. The van der Waals surface area contributed by atoms with Crippen molar-refractivity contribution < 1.29 is 0 Å². The van der Waals surface area contributed by atoms with Crippen LogP contribution >= 0.6 is 0 Å². The third-order valence-corrected chi connectivity index (χ3v) is 8.66. The number of hydrogen-bond donors (Lipinski definition) is 0. The number of hydrogen-bond acceptors (Lipinski definition) is 0. The van der Waals surface area contributed by atoms with E-state index in [-0.39, 0.29) is 0 Å². The van der Waals surface area contributed by atoms with E-state index < -0.39 is 8.07 Å². The predicted molar refractivity (Wildman–Crippen MR) is 88.8 cm³/mol. The standard InChI is InChI=1S/C15H31SSi/c1-14(2)9-8-10-15(3)11-12-16(4)13-17(5,6)7/h9,11H,8,10,12-13H2,1-7H3/q+1/b15-11+. The van der Waals surface area contributed by atoms with Gasteiger partial charge in [0.25, 0.3) is 0 Å². The molecule has 0 radical (unpaired) electrons. The lowest BCUT2D eigenvalue weighted by atomic mass is 10.1. The molecule has 2 heteroatoms. The van der Waals surface area contributed by atoms with Crippen LogP contribution in [0.1, 0.15) is 33.6 Å². The fourth-order valence-corrected chi connectivity index (χ4v) is 8.73. The normalized spacial score (nSPS) is 14.6. The van der Waals surface area contributed by atoms with Crippen molar-refractivity contribution in [3.8, 4) is 0 Å². The van der Waals surface area contributed by atoms with Gasteiger partial charge in [0.1, 0.15) is 13.8 Å². The Labute approximate surface area is 113 Å². The van der Waals surface area contributed by atoms with Gasteiger partial charge in [0.15, 0.2) is 0 Å². The third kappa shape index (κ3) is 12.3. The first-order valence-electron chi connectivity index (χ1n) is 6.59. The molecule has 0 saturated carbocycles. The summed E-state index contributed by atoms with van der Waals surface area (Å²) in [6.45, 7) is 14.1. The van der Waals surface area contributed by atoms with E-state index in [0.717, 1.165) is 0 Å². The van der Waals surface area contributed by atoms with Crippen molar-refractivity contribution in [2.24, 2.45) is 0 Å². The van der Waals surface area contributed by atoms with Crippen LogP contribution in [0.2, 0.25) is 19.6 Å². The molecule has 0 bridgehead atoms. The fraction of sp³-hybridized carbons (Fsp3) is 0.733. The minimum atomic E-state index is -0.859. The van der Waals surface area contributed by atoms with Crippen LogP contribution in [0.4, 0.5) is 0 Å². The Morgan fingerprint density at radius 1 is 1.06 bits per heavy atom. The smallest absolute Gasteiger partial charge is 0.0856 e. The van der Waals surface area contributed by atoms with Gasteiger partial charge in [-0.2, -0.15) is 0 Å². The van der Waals surface area contributed by atoms with E-state index in [1.54, 1.807) is 5.57 Å². The summed E-state index contributed by atoms with van der Waals surface area (Å²) >= 11 is 0. The van der Waals surface area contributed by atoms with Crippen molar-refractivity contribution in [1.82, 2.24) is 0 Å². The molecule has 17 heavy (non-hydrogen) atoms. The average Bonchev–Trinajstić information content (AvgIpc) is 2.11. The molecule has 100 valence electrons. The predicted octanol–water partition coefficient (Wildman–Crippen LogP) is 4.80. The summed E-state index contributed by atoms with van der Waals surface area (Å²) in [4.78, 5) is 0. The summed E-state index contributed by atoms with van der Waals surface area (Å²) in [5.74, 6) is 1.30. The molecule has 0 aromatic carbocycles. The lowest BCUT2D eigenvalue weighted by molar-refractivity contribution is 0.964. The summed E-state index contributed by atoms with van der Waals surface area (Å²) in [5, 5.41) is 1.48.